The Hall–Kier alpha value is -4.55. The average Bonchev–Trinajstić information content (AvgIpc) is 3.57. The van der Waals surface area contributed by atoms with Crippen molar-refractivity contribution in [3.05, 3.63) is 51.7 Å². The molecule has 3 aromatic heterocycles. The van der Waals surface area contributed by atoms with Crippen molar-refractivity contribution in [1.82, 2.24) is 15.2 Å². The number of nitrogens with one attached hydrogen (secondary N) is 1. The van der Waals surface area contributed by atoms with Gasteiger partial charge < -0.3 is 31.2 Å². The monoisotopic (exact) mass is 647 g/mol. The number of amides is 2. The number of thioether (sulfide) groups is 1. The SMILES string of the molecule is CC(C)(O/N=C(\C(=O)NC1C(=O)N2C(C(=O)O)=C(C[n+]3ccc4sc(C(=O)O)cc4c3)CS[C@H]12)c1csc(N)n1)C(=O)O. The molecule has 2 atom stereocenters. The van der Waals surface area contributed by atoms with Gasteiger partial charge in [-0.05, 0) is 19.9 Å². The zero-order valence-electron chi connectivity index (χ0n) is 22.3. The maximum Gasteiger partial charge on any atom is 0.352 e. The van der Waals surface area contributed by atoms with Crippen LogP contribution in [0.5, 0.6) is 0 Å². The minimum Gasteiger partial charge on any atom is -0.478 e. The van der Waals surface area contributed by atoms with Crippen molar-refractivity contribution >= 4 is 85.1 Å². The normalized spacial score (nSPS) is 18.7. The van der Waals surface area contributed by atoms with Crippen LogP contribution in [0.2, 0.25) is 0 Å². The van der Waals surface area contributed by atoms with Gasteiger partial charge in [0.2, 0.25) is 5.60 Å². The number of carbonyl (C=O) groups is 5. The van der Waals surface area contributed by atoms with Crippen LogP contribution < -0.4 is 15.6 Å². The highest BCUT2D eigenvalue weighted by Crippen LogP contribution is 2.40. The van der Waals surface area contributed by atoms with Gasteiger partial charge in [0.25, 0.3) is 11.8 Å². The maximum absolute atomic E-state index is 13.2. The van der Waals surface area contributed by atoms with Gasteiger partial charge in [0, 0.05) is 27.5 Å². The number of carboxylic acid groups (broad SMARTS) is 3. The van der Waals surface area contributed by atoms with Crippen LogP contribution >= 0.6 is 34.4 Å². The Morgan fingerprint density at radius 3 is 2.63 bits per heavy atom. The largest absolute Gasteiger partial charge is 0.478 e. The number of carbonyl (C=O) groups excluding carboxylic acids is 2. The van der Waals surface area contributed by atoms with Crippen LogP contribution in [-0.2, 0) is 30.6 Å². The molecule has 18 heteroatoms. The molecule has 0 bridgehead atoms. The fourth-order valence-electron chi connectivity index (χ4n) is 4.27. The highest BCUT2D eigenvalue weighted by Gasteiger charge is 2.55. The lowest BCUT2D eigenvalue weighted by molar-refractivity contribution is -0.687. The van der Waals surface area contributed by atoms with E-state index in [1.165, 1.54) is 37.1 Å². The van der Waals surface area contributed by atoms with E-state index in [2.05, 4.69) is 15.5 Å². The third-order valence-corrected chi connectivity index (χ3v) is 9.61. The summed E-state index contributed by atoms with van der Waals surface area (Å²) in [7, 11) is 0. The van der Waals surface area contributed by atoms with Gasteiger partial charge in [0.15, 0.2) is 29.8 Å². The fourth-order valence-corrected chi connectivity index (χ4v) is 7.03. The topological polar surface area (TPSA) is 226 Å². The van der Waals surface area contributed by atoms with E-state index in [0.29, 0.717) is 11.0 Å². The van der Waals surface area contributed by atoms with Gasteiger partial charge in [-0.25, -0.2) is 23.9 Å². The van der Waals surface area contributed by atoms with Crippen LogP contribution in [0.4, 0.5) is 5.13 Å². The summed E-state index contributed by atoms with van der Waals surface area (Å²) in [4.78, 5) is 71.9. The summed E-state index contributed by atoms with van der Waals surface area (Å²) in [6.45, 7) is 2.60. The molecule has 224 valence electrons. The van der Waals surface area contributed by atoms with E-state index in [1.807, 2.05) is 0 Å². The molecule has 1 fully saturated rings. The van der Waals surface area contributed by atoms with Gasteiger partial charge in [-0.15, -0.1) is 34.4 Å². The first-order valence-corrected chi connectivity index (χ1v) is 15.1. The van der Waals surface area contributed by atoms with E-state index in [0.717, 1.165) is 32.3 Å². The minimum absolute atomic E-state index is 0.00427. The third kappa shape index (κ3) is 5.75. The molecule has 0 aliphatic carbocycles. The number of pyridine rings is 1. The molecule has 3 aromatic rings. The number of fused-ring (bicyclic) bond motifs is 2. The first kappa shape index (κ1) is 29.9. The van der Waals surface area contributed by atoms with Crippen LogP contribution in [0.15, 0.2) is 46.3 Å². The number of aromatic nitrogens is 2. The zero-order chi connectivity index (χ0) is 31.2. The summed E-state index contributed by atoms with van der Waals surface area (Å²) >= 11 is 3.39. The average molecular weight is 648 g/mol. The molecule has 2 amide bonds. The number of oxime groups is 1. The molecule has 1 unspecified atom stereocenters. The first-order chi connectivity index (χ1) is 20.3. The Balaban J connectivity index is 1.36. The molecule has 2 aliphatic rings. The number of aliphatic carboxylic acids is 2. The predicted molar refractivity (Wildman–Crippen MR) is 155 cm³/mol. The Morgan fingerprint density at radius 1 is 1.26 bits per heavy atom. The number of rotatable bonds is 10. The first-order valence-electron chi connectivity index (χ1n) is 12.3. The lowest BCUT2D eigenvalue weighted by Crippen LogP contribution is -2.71. The molecular weight excluding hydrogens is 625 g/mol. The molecule has 0 radical (unpaired) electrons. The molecule has 43 heavy (non-hydrogen) atoms. The number of hydrogen-bond donors (Lipinski definition) is 5. The van der Waals surface area contributed by atoms with Gasteiger partial charge >= 0.3 is 17.9 Å². The number of carboxylic acids is 3. The van der Waals surface area contributed by atoms with Crippen molar-refractivity contribution in [1.29, 1.82) is 0 Å². The van der Waals surface area contributed by atoms with E-state index in [9.17, 15) is 39.3 Å². The van der Waals surface area contributed by atoms with E-state index in [4.69, 9.17) is 10.6 Å². The maximum atomic E-state index is 13.2. The number of thiazole rings is 1. The summed E-state index contributed by atoms with van der Waals surface area (Å²) in [6, 6.07) is 2.17. The molecule has 2 aliphatic heterocycles. The Labute approximate surface area is 254 Å². The Morgan fingerprint density at radius 2 is 2.00 bits per heavy atom. The molecular formula is C25H23N6O9S3+. The number of anilines is 1. The Bertz CT molecular complexity index is 1760. The summed E-state index contributed by atoms with van der Waals surface area (Å²) in [5.41, 5.74) is 3.76. The highest BCUT2D eigenvalue weighted by atomic mass is 32.2. The molecule has 0 spiro atoms. The van der Waals surface area contributed by atoms with Gasteiger partial charge in [0.05, 0.1) is 5.39 Å². The van der Waals surface area contributed by atoms with Crippen LogP contribution in [0, 0.1) is 0 Å². The second kappa shape index (κ2) is 11.3. The van der Waals surface area contributed by atoms with Crippen LogP contribution in [0.3, 0.4) is 0 Å². The predicted octanol–water partition coefficient (Wildman–Crippen LogP) is 0.948. The minimum atomic E-state index is -1.78. The zero-order valence-corrected chi connectivity index (χ0v) is 24.8. The lowest BCUT2D eigenvalue weighted by atomic mass is 10.0. The summed E-state index contributed by atoms with van der Waals surface area (Å²) < 4.78 is 2.47. The number of nitrogen functional groups attached to an aromatic ring is 1. The van der Waals surface area contributed by atoms with Crippen LogP contribution in [0.25, 0.3) is 10.1 Å². The summed E-state index contributed by atoms with van der Waals surface area (Å²) in [5, 5.41) is 36.4. The number of β-lactam (4-membered cyclic amide) rings is 1. The van der Waals surface area contributed by atoms with Gasteiger partial charge in [-0.3, -0.25) is 14.5 Å². The van der Waals surface area contributed by atoms with E-state index in [-0.39, 0.29) is 33.7 Å². The molecule has 0 saturated carbocycles. The number of thiophene rings is 1. The van der Waals surface area contributed by atoms with E-state index in [1.54, 1.807) is 23.0 Å². The molecule has 15 nitrogen and oxygen atoms in total. The van der Waals surface area contributed by atoms with Crippen molar-refractivity contribution in [2.24, 2.45) is 5.16 Å². The third-order valence-electron chi connectivity index (χ3n) is 6.49. The Kier molecular flexibility index (Phi) is 7.84. The number of nitrogens with two attached hydrogens (primary N) is 1. The van der Waals surface area contributed by atoms with Crippen molar-refractivity contribution in [3.63, 3.8) is 0 Å². The molecule has 0 aromatic carbocycles. The van der Waals surface area contributed by atoms with Gasteiger partial charge in [-0.2, -0.15) is 0 Å². The fraction of sp³-hybridized carbons (Fsp3) is 0.280. The molecule has 6 N–H and O–H groups in total. The van der Waals surface area contributed by atoms with Crippen LogP contribution in [-0.4, -0.2) is 83.4 Å². The van der Waals surface area contributed by atoms with Gasteiger partial charge in [0.1, 0.15) is 27.7 Å². The highest BCUT2D eigenvalue weighted by molar-refractivity contribution is 8.00. The second-order valence-electron chi connectivity index (χ2n) is 9.89. The van der Waals surface area contributed by atoms with Gasteiger partial charge in [-0.1, -0.05) is 5.16 Å². The standard InChI is InChI=1S/C25H22N6O9S3/c1-25(2,23(38)39)40-29-15(12-9-42-24(26)27-12)18(32)28-16-19(33)31-17(22(36)37)11(8-41-20(16)31)7-30-4-3-13-10(6-30)5-14(43-13)21(34)35/h3-6,9,16,20H,7-8H2,1-2H3,(H5-,26,27,28,32,34,35,36,37,38,39)/p+1/b29-15-/t16?,20-/m1/s1. The smallest absolute Gasteiger partial charge is 0.352 e. The van der Waals surface area contributed by atoms with E-state index < -0.39 is 52.5 Å². The van der Waals surface area contributed by atoms with Crippen molar-refractivity contribution in [2.45, 2.75) is 37.4 Å². The van der Waals surface area contributed by atoms with E-state index >= 15 is 0 Å². The van der Waals surface area contributed by atoms with Crippen molar-refractivity contribution in [3.8, 4) is 0 Å². The lowest BCUT2D eigenvalue weighted by Gasteiger charge is -2.49. The molecule has 1 saturated heterocycles. The second-order valence-corrected chi connectivity index (χ2v) is 13.0. The van der Waals surface area contributed by atoms with Crippen molar-refractivity contribution < 1.29 is 48.7 Å². The summed E-state index contributed by atoms with van der Waals surface area (Å²) in [5.74, 6) is -5.00. The number of nitrogens with zero attached hydrogens (tertiary/aromatic N) is 4. The summed E-state index contributed by atoms with van der Waals surface area (Å²) in [6.07, 6.45) is 3.41. The number of aromatic carboxylic acids is 1. The molecule has 5 rings (SSSR count). The molecule has 5 heterocycles. The quantitative estimate of drug-likeness (QED) is 0.0897. The van der Waals surface area contributed by atoms with Crippen LogP contribution in [0.1, 0.15) is 29.2 Å². The number of hydrogen-bond acceptors (Lipinski definition) is 12. The van der Waals surface area contributed by atoms with Crippen molar-refractivity contribution in [2.75, 3.05) is 11.5 Å².